The fourth-order valence-corrected chi connectivity index (χ4v) is 3.71. The number of carbonyl (C=O) groups excluding carboxylic acids is 2. The number of thioether (sulfide) groups is 1. The number of hydrogen-bond acceptors (Lipinski definition) is 5. The highest BCUT2D eigenvalue weighted by Gasteiger charge is 2.34. The fraction of sp³-hybridized carbons (Fsp3) is 0.444. The van der Waals surface area contributed by atoms with E-state index in [1.165, 1.54) is 18.9 Å². The van der Waals surface area contributed by atoms with Gasteiger partial charge in [-0.3, -0.25) is 4.79 Å². The highest BCUT2D eigenvalue weighted by atomic mass is 32.2. The van der Waals surface area contributed by atoms with Gasteiger partial charge in [-0.2, -0.15) is 0 Å². The first-order valence-electron chi connectivity index (χ1n) is 7.94. The number of hydrogen-bond donors (Lipinski definition) is 1. The van der Waals surface area contributed by atoms with Gasteiger partial charge in [0, 0.05) is 7.05 Å². The summed E-state index contributed by atoms with van der Waals surface area (Å²) in [6.07, 6.45) is 0. The second kappa shape index (κ2) is 7.75. The summed E-state index contributed by atoms with van der Waals surface area (Å²) in [7, 11) is 3.30. The zero-order chi connectivity index (χ0) is 17.9. The Morgan fingerprint density at radius 1 is 1.25 bits per heavy atom. The van der Waals surface area contributed by atoms with Crippen LogP contribution in [0.1, 0.15) is 26.3 Å². The van der Waals surface area contributed by atoms with E-state index in [2.05, 4.69) is 10.2 Å². The molecule has 130 valence electrons. The molecule has 6 heteroatoms. The van der Waals surface area contributed by atoms with Crippen molar-refractivity contribution in [1.82, 2.24) is 10.2 Å². The van der Waals surface area contributed by atoms with Crippen molar-refractivity contribution in [3.05, 3.63) is 40.8 Å². The normalized spacial score (nSPS) is 18.8. The molecule has 1 aromatic rings. The predicted molar refractivity (Wildman–Crippen MR) is 97.0 cm³/mol. The van der Waals surface area contributed by atoms with Crippen molar-refractivity contribution in [1.29, 1.82) is 0 Å². The Balaban J connectivity index is 2.34. The number of nitrogens with zero attached hydrogens (tertiary/aromatic N) is 1. The van der Waals surface area contributed by atoms with E-state index in [0.29, 0.717) is 4.91 Å². The van der Waals surface area contributed by atoms with E-state index in [0.717, 1.165) is 11.3 Å². The maximum absolute atomic E-state index is 12.8. The molecule has 1 heterocycles. The number of rotatable bonds is 5. The Bertz CT molecular complexity index is 643. The minimum Gasteiger partial charge on any atom is -0.467 e. The van der Waals surface area contributed by atoms with Crippen LogP contribution in [0.3, 0.4) is 0 Å². The van der Waals surface area contributed by atoms with Crippen LogP contribution in [0.25, 0.3) is 5.70 Å². The van der Waals surface area contributed by atoms with Gasteiger partial charge < -0.3 is 15.0 Å². The fourth-order valence-electron chi connectivity index (χ4n) is 2.57. The lowest BCUT2D eigenvalue weighted by Crippen LogP contribution is -2.45. The molecule has 0 saturated heterocycles. The van der Waals surface area contributed by atoms with Gasteiger partial charge >= 0.3 is 5.97 Å². The van der Waals surface area contributed by atoms with Crippen molar-refractivity contribution >= 4 is 29.3 Å². The van der Waals surface area contributed by atoms with E-state index in [1.54, 1.807) is 0 Å². The Morgan fingerprint density at radius 3 is 2.42 bits per heavy atom. The number of amides is 1. The quantitative estimate of drug-likeness (QED) is 0.829. The lowest BCUT2D eigenvalue weighted by molar-refractivity contribution is -0.145. The second-order valence-corrected chi connectivity index (χ2v) is 7.42. The van der Waals surface area contributed by atoms with E-state index in [1.807, 2.05) is 58.2 Å². The first-order valence-corrected chi connectivity index (χ1v) is 8.82. The van der Waals surface area contributed by atoms with Gasteiger partial charge in [0.1, 0.15) is 6.04 Å². The van der Waals surface area contributed by atoms with E-state index in [-0.39, 0.29) is 17.2 Å². The molecule has 0 fully saturated rings. The Kier molecular flexibility index (Phi) is 5.94. The first kappa shape index (κ1) is 18.4. The van der Waals surface area contributed by atoms with Crippen LogP contribution < -0.4 is 5.32 Å². The van der Waals surface area contributed by atoms with Crippen molar-refractivity contribution in [2.45, 2.75) is 32.2 Å². The van der Waals surface area contributed by atoms with Gasteiger partial charge in [-0.15, -0.1) is 0 Å². The maximum atomic E-state index is 12.8. The van der Waals surface area contributed by atoms with Gasteiger partial charge in [-0.1, -0.05) is 55.9 Å². The molecule has 0 bridgehead atoms. The topological polar surface area (TPSA) is 58.6 Å². The van der Waals surface area contributed by atoms with Crippen molar-refractivity contribution in [3.8, 4) is 0 Å². The highest BCUT2D eigenvalue weighted by molar-refractivity contribution is 8.05. The molecule has 1 N–H and O–H groups in total. The van der Waals surface area contributed by atoms with Crippen LogP contribution in [-0.4, -0.2) is 42.3 Å². The van der Waals surface area contributed by atoms with Crippen LogP contribution in [-0.2, 0) is 14.3 Å². The summed E-state index contributed by atoms with van der Waals surface area (Å²) < 4.78 is 4.80. The summed E-state index contributed by atoms with van der Waals surface area (Å²) in [4.78, 5) is 27.5. The Labute approximate surface area is 147 Å². The molecular formula is C18H24N2O3S. The van der Waals surface area contributed by atoms with Gasteiger partial charge in [0.15, 0.2) is 0 Å². The average molecular weight is 348 g/mol. The van der Waals surface area contributed by atoms with E-state index < -0.39 is 12.0 Å². The lowest BCUT2D eigenvalue weighted by Gasteiger charge is -2.21. The molecule has 1 aliphatic rings. The summed E-state index contributed by atoms with van der Waals surface area (Å²) >= 11 is 1.50. The zero-order valence-corrected chi connectivity index (χ0v) is 15.5. The minimum absolute atomic E-state index is 0.0521. The van der Waals surface area contributed by atoms with Crippen molar-refractivity contribution in [2.75, 3.05) is 14.2 Å². The number of benzene rings is 1. The number of ether oxygens (including phenoxy) is 1. The van der Waals surface area contributed by atoms with Crippen LogP contribution in [0.15, 0.2) is 35.2 Å². The summed E-state index contributed by atoms with van der Waals surface area (Å²) in [5, 5.41) is 2.98. The van der Waals surface area contributed by atoms with Crippen molar-refractivity contribution in [3.63, 3.8) is 0 Å². The molecule has 2 rings (SSSR count). The molecule has 1 aromatic carbocycles. The first-order chi connectivity index (χ1) is 11.4. The molecule has 1 aliphatic heterocycles. The lowest BCUT2D eigenvalue weighted by atomic mass is 10.0. The number of carbonyl (C=O) groups is 2. The van der Waals surface area contributed by atoms with Crippen LogP contribution in [0.2, 0.25) is 0 Å². The van der Waals surface area contributed by atoms with Crippen LogP contribution in [0.5, 0.6) is 0 Å². The van der Waals surface area contributed by atoms with E-state index >= 15 is 0 Å². The number of nitrogens with one attached hydrogen (secondary N) is 1. The van der Waals surface area contributed by atoms with E-state index in [4.69, 9.17) is 4.74 Å². The van der Waals surface area contributed by atoms with Crippen LogP contribution >= 0.6 is 11.8 Å². The largest absolute Gasteiger partial charge is 0.467 e. The van der Waals surface area contributed by atoms with Crippen molar-refractivity contribution < 1.29 is 14.3 Å². The molecule has 24 heavy (non-hydrogen) atoms. The molecule has 5 nitrogen and oxygen atoms in total. The summed E-state index contributed by atoms with van der Waals surface area (Å²) in [5.41, 5.74) is 1.87. The maximum Gasteiger partial charge on any atom is 0.328 e. The molecule has 0 spiro atoms. The molecule has 0 saturated carbocycles. The van der Waals surface area contributed by atoms with Crippen LogP contribution in [0, 0.1) is 5.92 Å². The Hall–Kier alpha value is -1.95. The molecule has 0 aromatic heterocycles. The average Bonchev–Trinajstić information content (AvgIpc) is 2.87. The number of esters is 1. The van der Waals surface area contributed by atoms with Gasteiger partial charge in [-0.05, 0) is 18.4 Å². The third-order valence-corrected chi connectivity index (χ3v) is 5.34. The smallest absolute Gasteiger partial charge is 0.328 e. The standard InChI is InChI=1S/C18H24N2O3S/c1-11(2)14(18(22)23-5)19-17(21)16-15(20(4)12(3)24-16)13-9-7-6-8-10-13/h6-12,14H,1-5H3,(H,19,21)/t12-,14+/m0/s1. The zero-order valence-electron chi connectivity index (χ0n) is 14.7. The Morgan fingerprint density at radius 2 is 1.88 bits per heavy atom. The SMILES string of the molecule is COC(=O)[C@H](NC(=O)C1=C(c2ccccc2)N(C)[C@H](C)S1)C(C)C. The summed E-state index contributed by atoms with van der Waals surface area (Å²) in [5.74, 6) is -0.715. The third kappa shape index (κ3) is 3.75. The van der Waals surface area contributed by atoms with Gasteiger partial charge in [0.05, 0.1) is 23.1 Å². The van der Waals surface area contributed by atoms with Crippen LogP contribution in [0.4, 0.5) is 0 Å². The van der Waals surface area contributed by atoms with Gasteiger partial charge in [-0.25, -0.2) is 4.79 Å². The molecule has 0 unspecified atom stereocenters. The molecule has 2 atom stereocenters. The predicted octanol–water partition coefficient (Wildman–Crippen LogP) is 2.69. The summed E-state index contributed by atoms with van der Waals surface area (Å²) in [6, 6.07) is 9.15. The molecular weight excluding hydrogens is 324 g/mol. The third-order valence-electron chi connectivity index (χ3n) is 4.06. The monoisotopic (exact) mass is 348 g/mol. The molecule has 0 aliphatic carbocycles. The molecule has 1 amide bonds. The van der Waals surface area contributed by atoms with Gasteiger partial charge in [0.2, 0.25) is 0 Å². The second-order valence-electron chi connectivity index (χ2n) is 6.09. The molecule has 0 radical (unpaired) electrons. The van der Waals surface area contributed by atoms with Gasteiger partial charge in [0.25, 0.3) is 5.91 Å². The number of methoxy groups -OCH3 is 1. The van der Waals surface area contributed by atoms with Crippen molar-refractivity contribution in [2.24, 2.45) is 5.92 Å². The van der Waals surface area contributed by atoms with E-state index in [9.17, 15) is 9.59 Å². The highest BCUT2D eigenvalue weighted by Crippen LogP contribution is 2.41. The summed E-state index contributed by atoms with van der Waals surface area (Å²) in [6.45, 7) is 5.81. The minimum atomic E-state index is -0.658.